The summed E-state index contributed by atoms with van der Waals surface area (Å²) in [5.41, 5.74) is 6.97. The molecule has 2 N–H and O–H groups in total. The lowest BCUT2D eigenvalue weighted by Crippen LogP contribution is -2.39. The fourth-order valence-electron chi connectivity index (χ4n) is 6.59. The molecule has 340 valence electrons. The summed E-state index contributed by atoms with van der Waals surface area (Å²) in [5.74, 6) is -2.68. The molecule has 0 radical (unpaired) electrons. The van der Waals surface area contributed by atoms with E-state index in [0.29, 0.717) is 30.3 Å². The fraction of sp³-hybridized carbons (Fsp3) is 0.462. The van der Waals surface area contributed by atoms with Gasteiger partial charge in [-0.2, -0.15) is 0 Å². The highest BCUT2D eigenvalue weighted by Crippen LogP contribution is 2.41. The van der Waals surface area contributed by atoms with Gasteiger partial charge in [0, 0.05) is 20.0 Å². The molecule has 10 nitrogen and oxygen atoms in total. The van der Waals surface area contributed by atoms with Crippen molar-refractivity contribution in [1.29, 1.82) is 0 Å². The summed E-state index contributed by atoms with van der Waals surface area (Å²) in [6.07, 6.45) is 29.3. The number of ketones is 2. The first-order valence-electron chi connectivity index (χ1n) is 21.4. The molecule has 0 amide bonds. The maximum absolute atomic E-state index is 13.0. The van der Waals surface area contributed by atoms with E-state index in [9.17, 15) is 28.8 Å². The number of carbonyl (C=O) groups is 6. The van der Waals surface area contributed by atoms with Crippen LogP contribution in [0.15, 0.2) is 130 Å². The number of hydrogen-bond acceptors (Lipinski definition) is 9. The van der Waals surface area contributed by atoms with E-state index in [1.807, 2.05) is 116 Å². The number of hydrogen-bond donors (Lipinski definition) is 2. The van der Waals surface area contributed by atoms with Crippen LogP contribution in [0.5, 0.6) is 0 Å². The first-order chi connectivity index (χ1) is 29.4. The predicted molar refractivity (Wildman–Crippen MR) is 249 cm³/mol. The zero-order valence-electron chi connectivity index (χ0n) is 39.2. The number of aliphatic hydroxyl groups excluding tert-OH is 1. The lowest BCUT2D eigenvalue weighted by Gasteiger charge is -2.36. The molecule has 62 heavy (non-hydrogen) atoms. The van der Waals surface area contributed by atoms with Crippen LogP contribution in [0, 0.1) is 11.3 Å². The van der Waals surface area contributed by atoms with E-state index in [0.717, 1.165) is 47.8 Å². The van der Waals surface area contributed by atoms with Crippen LogP contribution >= 0.6 is 0 Å². The number of carbonyl (C=O) groups excluding carboxylic acids is 5. The van der Waals surface area contributed by atoms with E-state index in [2.05, 4.69) is 31.2 Å². The third-order valence-corrected chi connectivity index (χ3v) is 10.0. The highest BCUT2D eigenvalue weighted by molar-refractivity contribution is 6.02. The summed E-state index contributed by atoms with van der Waals surface area (Å²) >= 11 is 0. The minimum atomic E-state index is -1.09. The molecule has 3 unspecified atom stereocenters. The van der Waals surface area contributed by atoms with Crippen LogP contribution in [0.1, 0.15) is 128 Å². The Hall–Kier alpha value is -5.48. The number of aliphatic carboxylic acids is 1. The molecule has 0 heterocycles. The molecule has 0 saturated heterocycles. The number of esters is 2. The molecule has 2 aliphatic carbocycles. The summed E-state index contributed by atoms with van der Waals surface area (Å²) in [5, 5.41) is 15.8. The summed E-state index contributed by atoms with van der Waals surface area (Å²) in [7, 11) is 1.00. The summed E-state index contributed by atoms with van der Waals surface area (Å²) < 4.78 is 10.7. The van der Waals surface area contributed by atoms with E-state index in [1.54, 1.807) is 13.8 Å². The molecular weight excluding hydrogens is 785 g/mol. The van der Waals surface area contributed by atoms with Gasteiger partial charge in [0.2, 0.25) is 0 Å². The van der Waals surface area contributed by atoms with Crippen molar-refractivity contribution in [2.45, 2.75) is 140 Å². The minimum Gasteiger partial charge on any atom is -0.481 e. The van der Waals surface area contributed by atoms with Crippen molar-refractivity contribution in [3.05, 3.63) is 130 Å². The predicted octanol–water partition coefficient (Wildman–Crippen LogP) is 10.9. The Morgan fingerprint density at radius 2 is 1.27 bits per heavy atom. The smallest absolute Gasteiger partial charge is 0.307 e. The van der Waals surface area contributed by atoms with E-state index in [4.69, 9.17) is 19.7 Å². The number of ether oxygens (including phenoxy) is 2. The highest BCUT2D eigenvalue weighted by Gasteiger charge is 2.40. The fourth-order valence-corrected chi connectivity index (χ4v) is 6.59. The molecule has 10 heteroatoms. The van der Waals surface area contributed by atoms with Gasteiger partial charge in [0.15, 0.2) is 23.8 Å². The second-order valence-electron chi connectivity index (χ2n) is 15.7. The average molecular weight is 857 g/mol. The molecule has 0 aromatic heterocycles. The molecule has 0 aromatic rings. The van der Waals surface area contributed by atoms with Crippen LogP contribution in [-0.2, 0) is 38.2 Å². The minimum absolute atomic E-state index is 0.0165. The Bertz CT molecular complexity index is 1900. The van der Waals surface area contributed by atoms with Crippen molar-refractivity contribution < 1.29 is 48.5 Å². The van der Waals surface area contributed by atoms with Gasteiger partial charge in [-0.25, -0.2) is 0 Å². The first kappa shape index (κ1) is 56.5. The lowest BCUT2D eigenvalue weighted by molar-refractivity contribution is -0.157. The number of carboxylic acids is 1. The number of aldehydes is 1. The number of Topliss-reactive ketones (excluding diaryl/α,β-unsaturated/α-hetero) is 2. The summed E-state index contributed by atoms with van der Waals surface area (Å²) in [6, 6.07) is 0. The van der Waals surface area contributed by atoms with Crippen LogP contribution in [0.25, 0.3) is 0 Å². The Labute approximate surface area is 371 Å². The van der Waals surface area contributed by atoms with Gasteiger partial charge in [0.25, 0.3) is 0 Å². The number of aliphatic hydroxyl groups is 1. The normalized spacial score (nSPS) is 20.2. The zero-order valence-corrected chi connectivity index (χ0v) is 39.2. The molecule has 2 rings (SSSR count). The van der Waals surface area contributed by atoms with Gasteiger partial charge in [-0.05, 0) is 94.4 Å². The Morgan fingerprint density at radius 3 is 1.89 bits per heavy atom. The third-order valence-electron chi connectivity index (χ3n) is 10.0. The Balaban J connectivity index is 0.00000902. The molecule has 0 spiro atoms. The Kier molecular flexibility index (Phi) is 27.8. The topological polar surface area (TPSA) is 161 Å². The first-order valence-corrected chi connectivity index (χ1v) is 21.4. The van der Waals surface area contributed by atoms with Gasteiger partial charge in [0.1, 0.15) is 6.29 Å². The van der Waals surface area contributed by atoms with Gasteiger partial charge in [-0.15, -0.1) is 0 Å². The van der Waals surface area contributed by atoms with Crippen LogP contribution in [-0.4, -0.2) is 65.3 Å². The van der Waals surface area contributed by atoms with E-state index in [-0.39, 0.29) is 43.2 Å². The van der Waals surface area contributed by atoms with Crippen molar-refractivity contribution >= 4 is 35.8 Å². The van der Waals surface area contributed by atoms with Crippen molar-refractivity contribution in [1.82, 2.24) is 0 Å². The maximum atomic E-state index is 13.0. The standard InChI is InChI=1S/C49H62O9.C2H6.CH4O/c1-33(19-13-14-20-35(3)25-27-41-39(7)48(56)43(32-49(41,8)9)58-46(54)29-28-44(51)52)17-11-10-12-18-34(2)21-15-22-36(4)24-26-40-37(5)31-42(47(55)38(40)6)57-45(53)23-16-30-50;2*1-2/h10,12-15,17-18,20-22,24-27,30,37,42-43H,11,16,19,23,28-29,31-32H2,1-9H3,(H,51,52);1-2H3;2H,1H3/b12-10+,14-13+,21-15+,26-24+,27-25+,33-17+,34-18+,35-20+,36-22+;;. The van der Waals surface area contributed by atoms with Crippen molar-refractivity contribution in [3.63, 3.8) is 0 Å². The molecule has 3 atom stereocenters. The molecule has 0 aromatic carbocycles. The Morgan fingerprint density at radius 1 is 0.742 bits per heavy atom. The molecule has 0 fully saturated rings. The molecule has 0 aliphatic heterocycles. The largest absolute Gasteiger partial charge is 0.481 e. The highest BCUT2D eigenvalue weighted by atomic mass is 16.6. The SMILES string of the molecule is CC.CC1=C(/C=C/C(C)=C/C=C/C(C)=C/C=C/C/C=C(\C)C/C=C/C=C(C)/C=C/C2=C(C)C(=O)C(OC(=O)CCC(=O)O)CC2(C)C)C(C)CC(OC(=O)CCC=O)C1=O.CO. The second-order valence-corrected chi connectivity index (χ2v) is 15.7. The molecule has 0 bridgehead atoms. The van der Waals surface area contributed by atoms with Gasteiger partial charge in [0.05, 0.1) is 19.3 Å². The van der Waals surface area contributed by atoms with Crippen molar-refractivity contribution in [2.24, 2.45) is 11.3 Å². The van der Waals surface area contributed by atoms with Gasteiger partial charge in [-0.3, -0.25) is 24.0 Å². The number of rotatable bonds is 20. The molecular formula is C52H72O10. The van der Waals surface area contributed by atoms with Gasteiger partial charge in [-0.1, -0.05) is 142 Å². The van der Waals surface area contributed by atoms with Gasteiger partial charge < -0.3 is 24.5 Å². The number of allylic oxidation sites excluding steroid dienone is 20. The third kappa shape index (κ3) is 21.4. The van der Waals surface area contributed by atoms with Crippen LogP contribution in [0.4, 0.5) is 0 Å². The van der Waals surface area contributed by atoms with E-state index >= 15 is 0 Å². The maximum Gasteiger partial charge on any atom is 0.307 e. The quantitative estimate of drug-likeness (QED) is 0.0522. The number of carboxylic acid groups (broad SMARTS) is 1. The molecule has 2 aliphatic rings. The van der Waals surface area contributed by atoms with Crippen molar-refractivity contribution in [2.75, 3.05) is 7.11 Å². The van der Waals surface area contributed by atoms with Crippen LogP contribution in [0.3, 0.4) is 0 Å². The lowest BCUT2D eigenvalue weighted by atomic mass is 9.71. The monoisotopic (exact) mass is 857 g/mol. The zero-order chi connectivity index (χ0) is 47.4. The summed E-state index contributed by atoms with van der Waals surface area (Å²) in [6.45, 7) is 21.7. The second kappa shape index (κ2) is 30.5. The molecule has 0 saturated carbocycles. The average Bonchev–Trinajstić information content (AvgIpc) is 3.22. The van der Waals surface area contributed by atoms with E-state index < -0.39 is 35.5 Å². The van der Waals surface area contributed by atoms with Crippen LogP contribution in [0.2, 0.25) is 0 Å². The summed E-state index contributed by atoms with van der Waals surface area (Å²) in [4.78, 5) is 71.1. The van der Waals surface area contributed by atoms with Gasteiger partial charge >= 0.3 is 17.9 Å². The van der Waals surface area contributed by atoms with Crippen LogP contribution < -0.4 is 0 Å². The van der Waals surface area contributed by atoms with Crippen molar-refractivity contribution in [3.8, 4) is 0 Å². The van der Waals surface area contributed by atoms with E-state index in [1.165, 1.54) is 5.57 Å².